The summed E-state index contributed by atoms with van der Waals surface area (Å²) in [7, 11) is -3.97. The second-order valence-electron chi connectivity index (χ2n) is 9.07. The minimum atomic E-state index is -3.97. The van der Waals surface area contributed by atoms with E-state index in [2.05, 4.69) is 9.71 Å². The zero-order chi connectivity index (χ0) is 27.9. The molecular weight excluding hydrogens is 512 g/mol. The zero-order valence-electron chi connectivity index (χ0n) is 21.2. The molecule has 12 heteroatoms. The number of carbonyl (C=O) groups excluding carboxylic acids is 2. The molecule has 0 saturated carbocycles. The molecule has 0 aliphatic carbocycles. The number of ether oxygens (including phenoxy) is 1. The molecule has 1 aromatic carbocycles. The largest absolute Gasteiger partial charge is 0.481 e. The van der Waals surface area contributed by atoms with Crippen LogP contribution in [-0.2, 0) is 30.1 Å². The normalized spacial score (nSPS) is 17.3. The number of aliphatic carboxylic acids is 1. The third kappa shape index (κ3) is 7.29. The molecule has 1 aromatic heterocycles. The first-order chi connectivity index (χ1) is 18.0. The van der Waals surface area contributed by atoms with E-state index in [9.17, 15) is 33.2 Å². The lowest BCUT2D eigenvalue weighted by molar-refractivity contribution is -0.138. The van der Waals surface area contributed by atoms with Crippen molar-refractivity contribution in [2.75, 3.05) is 24.6 Å². The number of sulfonamides is 1. The Hall–Kier alpha value is -3.98. The van der Waals surface area contributed by atoms with Gasteiger partial charge in [0, 0.05) is 25.4 Å². The van der Waals surface area contributed by atoms with E-state index in [1.165, 1.54) is 6.07 Å². The van der Waals surface area contributed by atoms with Gasteiger partial charge in [0.15, 0.2) is 0 Å². The number of pyridine rings is 1. The average Bonchev–Trinajstić information content (AvgIpc) is 2.87. The Morgan fingerprint density at radius 1 is 1.26 bits per heavy atom. The van der Waals surface area contributed by atoms with Gasteiger partial charge in [-0.1, -0.05) is 30.3 Å². The number of aromatic nitrogens is 1. The predicted octanol–water partition coefficient (Wildman–Crippen LogP) is 2.39. The van der Waals surface area contributed by atoms with Crippen LogP contribution in [0.2, 0.25) is 0 Å². The first kappa shape index (κ1) is 28.6. The highest BCUT2D eigenvalue weighted by atomic mass is 32.2. The Bertz CT molecular complexity index is 1340. The van der Waals surface area contributed by atoms with Gasteiger partial charge >= 0.3 is 11.9 Å². The molecule has 0 radical (unpaired) electrons. The standard InChI is InChI=1S/C26H30N4O7S/c1-3-37-26(34)22-13-20(14-27)24(28-17(22)2)30-12-11-21(19(15-30)9-10-23(31)32)25(33)29-38(35,36)16-18-7-5-4-6-8-18/h4-8,13,19,21H,3,9-12,15-16H2,1-2H3,(H,29,33)(H,31,32). The SMILES string of the molecule is CCOC(=O)c1cc(C#N)c(N2CCC(C(=O)NS(=O)(=O)Cc3ccccc3)C(CCC(=O)O)C2)nc1C. The van der Waals surface area contributed by atoms with Gasteiger partial charge in [-0.05, 0) is 44.2 Å². The number of carbonyl (C=O) groups is 3. The third-order valence-corrected chi connectivity index (χ3v) is 7.59. The number of benzene rings is 1. The number of amides is 1. The van der Waals surface area contributed by atoms with Crippen LogP contribution in [0.15, 0.2) is 36.4 Å². The molecule has 1 saturated heterocycles. The molecule has 38 heavy (non-hydrogen) atoms. The van der Waals surface area contributed by atoms with E-state index < -0.39 is 39.7 Å². The lowest BCUT2D eigenvalue weighted by Crippen LogP contribution is -2.48. The minimum absolute atomic E-state index is 0.129. The van der Waals surface area contributed by atoms with Gasteiger partial charge in [0.1, 0.15) is 11.9 Å². The van der Waals surface area contributed by atoms with E-state index >= 15 is 0 Å². The molecule has 2 N–H and O–H groups in total. The van der Waals surface area contributed by atoms with E-state index in [1.807, 2.05) is 6.07 Å². The summed E-state index contributed by atoms with van der Waals surface area (Å²) in [5.41, 5.74) is 1.21. The quantitative estimate of drug-likeness (QED) is 0.425. The van der Waals surface area contributed by atoms with Crippen molar-refractivity contribution in [3.8, 4) is 6.07 Å². The summed E-state index contributed by atoms with van der Waals surface area (Å²) in [5, 5.41) is 19.0. The van der Waals surface area contributed by atoms with Crippen LogP contribution in [0.5, 0.6) is 0 Å². The number of piperidine rings is 1. The number of rotatable bonds is 10. The maximum Gasteiger partial charge on any atom is 0.340 e. The smallest absolute Gasteiger partial charge is 0.340 e. The number of nitriles is 1. The number of esters is 1. The number of carboxylic acids is 1. The van der Waals surface area contributed by atoms with Gasteiger partial charge in [0.2, 0.25) is 15.9 Å². The summed E-state index contributed by atoms with van der Waals surface area (Å²) >= 11 is 0. The second-order valence-corrected chi connectivity index (χ2v) is 10.8. The Labute approximate surface area is 221 Å². The summed E-state index contributed by atoms with van der Waals surface area (Å²) < 4.78 is 32.5. The van der Waals surface area contributed by atoms with Crippen LogP contribution in [-0.4, -0.2) is 56.1 Å². The molecular formula is C26H30N4O7S. The van der Waals surface area contributed by atoms with Crippen molar-refractivity contribution in [2.45, 2.75) is 38.9 Å². The Morgan fingerprint density at radius 2 is 1.97 bits per heavy atom. The van der Waals surface area contributed by atoms with Crippen molar-refractivity contribution in [3.63, 3.8) is 0 Å². The van der Waals surface area contributed by atoms with Crippen molar-refractivity contribution in [1.82, 2.24) is 9.71 Å². The lowest BCUT2D eigenvalue weighted by atomic mass is 9.82. The van der Waals surface area contributed by atoms with Crippen LogP contribution < -0.4 is 9.62 Å². The van der Waals surface area contributed by atoms with Gasteiger partial charge in [-0.3, -0.25) is 14.3 Å². The lowest BCUT2D eigenvalue weighted by Gasteiger charge is -2.38. The topological polar surface area (TPSA) is 167 Å². The van der Waals surface area contributed by atoms with Gasteiger partial charge in [-0.15, -0.1) is 0 Å². The van der Waals surface area contributed by atoms with E-state index in [1.54, 1.807) is 49.1 Å². The number of anilines is 1. The van der Waals surface area contributed by atoms with E-state index in [0.29, 0.717) is 17.1 Å². The molecule has 2 unspecified atom stereocenters. The molecule has 2 heterocycles. The van der Waals surface area contributed by atoms with Crippen molar-refractivity contribution >= 4 is 33.7 Å². The van der Waals surface area contributed by atoms with Crippen LogP contribution >= 0.6 is 0 Å². The number of nitrogens with one attached hydrogen (secondary N) is 1. The average molecular weight is 543 g/mol. The number of nitrogens with zero attached hydrogens (tertiary/aromatic N) is 3. The number of hydrogen-bond donors (Lipinski definition) is 2. The first-order valence-electron chi connectivity index (χ1n) is 12.2. The summed E-state index contributed by atoms with van der Waals surface area (Å²) in [4.78, 5) is 42.9. The third-order valence-electron chi connectivity index (χ3n) is 6.36. The Balaban J connectivity index is 1.82. The van der Waals surface area contributed by atoms with Gasteiger partial charge in [0.05, 0.1) is 29.2 Å². The van der Waals surface area contributed by atoms with Crippen molar-refractivity contribution in [1.29, 1.82) is 5.26 Å². The van der Waals surface area contributed by atoms with Crippen LogP contribution in [0.25, 0.3) is 0 Å². The molecule has 2 aromatic rings. The van der Waals surface area contributed by atoms with E-state index in [-0.39, 0.29) is 55.8 Å². The Morgan fingerprint density at radius 3 is 2.61 bits per heavy atom. The van der Waals surface area contributed by atoms with Crippen molar-refractivity contribution < 1.29 is 32.6 Å². The Kier molecular flexibility index (Phi) is 9.41. The van der Waals surface area contributed by atoms with Gasteiger partial charge in [0.25, 0.3) is 0 Å². The number of carboxylic acid groups (broad SMARTS) is 1. The van der Waals surface area contributed by atoms with Gasteiger partial charge in [-0.25, -0.2) is 18.2 Å². The van der Waals surface area contributed by atoms with Crippen LogP contribution in [0.1, 0.15) is 53.4 Å². The van der Waals surface area contributed by atoms with Gasteiger partial charge < -0.3 is 14.7 Å². The van der Waals surface area contributed by atoms with Crippen LogP contribution in [0, 0.1) is 30.1 Å². The molecule has 2 atom stereocenters. The summed E-state index contributed by atoms with van der Waals surface area (Å²) in [5.74, 6) is -3.62. The fourth-order valence-corrected chi connectivity index (χ4v) is 5.72. The van der Waals surface area contributed by atoms with Gasteiger partial charge in [-0.2, -0.15) is 5.26 Å². The zero-order valence-corrected chi connectivity index (χ0v) is 22.0. The molecule has 1 fully saturated rings. The number of hydrogen-bond acceptors (Lipinski definition) is 9. The highest BCUT2D eigenvalue weighted by Crippen LogP contribution is 2.32. The molecule has 0 spiro atoms. The molecule has 3 rings (SSSR count). The predicted molar refractivity (Wildman–Crippen MR) is 138 cm³/mol. The summed E-state index contributed by atoms with van der Waals surface area (Å²) in [6, 6.07) is 11.9. The van der Waals surface area contributed by atoms with E-state index in [0.717, 1.165) is 0 Å². The molecule has 1 aliphatic heterocycles. The van der Waals surface area contributed by atoms with Crippen molar-refractivity contribution in [2.24, 2.45) is 11.8 Å². The first-order valence-corrected chi connectivity index (χ1v) is 13.8. The maximum absolute atomic E-state index is 13.1. The summed E-state index contributed by atoms with van der Waals surface area (Å²) in [6.07, 6.45) is 0.144. The summed E-state index contributed by atoms with van der Waals surface area (Å²) in [6.45, 7) is 3.93. The second kappa shape index (κ2) is 12.5. The fourth-order valence-electron chi connectivity index (χ4n) is 4.56. The fraction of sp³-hybridized carbons (Fsp3) is 0.423. The molecule has 1 amide bonds. The number of aryl methyl sites for hydroxylation is 1. The minimum Gasteiger partial charge on any atom is -0.481 e. The highest BCUT2D eigenvalue weighted by Gasteiger charge is 2.37. The highest BCUT2D eigenvalue weighted by molar-refractivity contribution is 7.89. The molecule has 11 nitrogen and oxygen atoms in total. The van der Waals surface area contributed by atoms with E-state index in [4.69, 9.17) is 4.74 Å². The van der Waals surface area contributed by atoms with Crippen LogP contribution in [0.3, 0.4) is 0 Å². The molecule has 1 aliphatic rings. The molecule has 202 valence electrons. The molecule has 0 bridgehead atoms. The maximum atomic E-state index is 13.1. The van der Waals surface area contributed by atoms with Crippen LogP contribution in [0.4, 0.5) is 5.82 Å². The monoisotopic (exact) mass is 542 g/mol. The van der Waals surface area contributed by atoms with Crippen molar-refractivity contribution in [3.05, 3.63) is 58.8 Å².